The maximum absolute atomic E-state index is 7.86. The first-order valence-corrected chi connectivity index (χ1v) is 17.0. The third kappa shape index (κ3) is 3.46. The normalized spacial score (nSPS) is 11.7. The van der Waals surface area contributed by atoms with E-state index in [2.05, 4.69) is 96.1 Å². The molecule has 0 saturated carbocycles. The van der Waals surface area contributed by atoms with Crippen LogP contribution in [0.1, 0.15) is 33.4 Å². The maximum atomic E-state index is 7.86. The minimum atomic E-state index is -3.62. The van der Waals surface area contributed by atoms with E-state index in [1.54, 1.807) is 0 Å². The standard InChI is InChI=1S/3C8H9.ClH.Sn/c3*1-7-3-5-8(2)6-4-7;;/h3*3-5H,1-2H3;1H;/q;;;;+1/p-1. The van der Waals surface area contributed by atoms with E-state index >= 15 is 0 Å². The van der Waals surface area contributed by atoms with Gasteiger partial charge in [0.25, 0.3) is 0 Å². The van der Waals surface area contributed by atoms with Crippen molar-refractivity contribution < 1.29 is 0 Å². The van der Waals surface area contributed by atoms with Crippen molar-refractivity contribution in [3.05, 3.63) is 88.0 Å². The number of aryl methyl sites for hydroxylation is 6. The van der Waals surface area contributed by atoms with Crippen molar-refractivity contribution in [1.29, 1.82) is 0 Å². The molecule has 0 aliphatic carbocycles. The van der Waals surface area contributed by atoms with Crippen molar-refractivity contribution in [2.24, 2.45) is 0 Å². The molecule has 26 heavy (non-hydrogen) atoms. The fourth-order valence-electron chi connectivity index (χ4n) is 3.76. The molecule has 0 radical (unpaired) electrons. The predicted molar refractivity (Wildman–Crippen MR) is 118 cm³/mol. The Morgan fingerprint density at radius 1 is 0.500 bits per heavy atom. The van der Waals surface area contributed by atoms with Gasteiger partial charge in [0.1, 0.15) is 0 Å². The molecule has 0 aliphatic rings. The van der Waals surface area contributed by atoms with E-state index < -0.39 is 17.3 Å². The van der Waals surface area contributed by atoms with E-state index in [4.69, 9.17) is 8.92 Å². The molecule has 134 valence electrons. The predicted octanol–water partition coefficient (Wildman–Crippen LogP) is 4.74. The van der Waals surface area contributed by atoms with Crippen molar-refractivity contribution in [1.82, 2.24) is 0 Å². The summed E-state index contributed by atoms with van der Waals surface area (Å²) in [6.07, 6.45) is 0. The summed E-state index contributed by atoms with van der Waals surface area (Å²) in [5.74, 6) is 0. The zero-order chi connectivity index (χ0) is 19.1. The van der Waals surface area contributed by atoms with Gasteiger partial charge in [-0.25, -0.2) is 0 Å². The SMILES string of the molecule is Cc1ccc(C)[c]([Sn]([Cl])([c]2cc(C)ccc2C)[c]2cc(C)ccc2C)c1. The molecule has 0 amide bonds. The molecular formula is C24H27ClSn. The quantitative estimate of drug-likeness (QED) is 0.486. The van der Waals surface area contributed by atoms with Crippen LogP contribution in [0.2, 0.25) is 0 Å². The number of hydrogen-bond donors (Lipinski definition) is 0. The Kier molecular flexibility index (Phi) is 5.55. The van der Waals surface area contributed by atoms with Gasteiger partial charge in [-0.1, -0.05) is 0 Å². The molecule has 3 aromatic carbocycles. The molecule has 0 heterocycles. The van der Waals surface area contributed by atoms with Crippen LogP contribution in [0, 0.1) is 41.5 Å². The summed E-state index contributed by atoms with van der Waals surface area (Å²) in [7, 11) is 7.86. The van der Waals surface area contributed by atoms with Gasteiger partial charge in [-0.05, 0) is 0 Å². The van der Waals surface area contributed by atoms with Crippen molar-refractivity contribution in [2.45, 2.75) is 41.5 Å². The Hall–Kier alpha value is -1.25. The Bertz CT molecular complexity index is 847. The number of rotatable bonds is 3. The topological polar surface area (TPSA) is 0 Å². The molecule has 0 bridgehead atoms. The van der Waals surface area contributed by atoms with Gasteiger partial charge in [0, 0.05) is 0 Å². The minimum absolute atomic E-state index is 1.28. The van der Waals surface area contributed by atoms with Crippen LogP contribution >= 0.6 is 8.92 Å². The second kappa shape index (κ2) is 7.40. The van der Waals surface area contributed by atoms with E-state index in [0.29, 0.717) is 0 Å². The summed E-state index contributed by atoms with van der Waals surface area (Å²) in [6, 6.07) is 20.3. The van der Waals surface area contributed by atoms with E-state index in [1.165, 1.54) is 44.1 Å². The summed E-state index contributed by atoms with van der Waals surface area (Å²) in [6.45, 7) is 13.1. The van der Waals surface area contributed by atoms with Gasteiger partial charge in [-0.15, -0.1) is 0 Å². The van der Waals surface area contributed by atoms with E-state index in [9.17, 15) is 0 Å². The molecule has 2 heteroatoms. The summed E-state index contributed by atoms with van der Waals surface area (Å²) in [5, 5.41) is 0. The molecule has 3 aromatic rings. The fourth-order valence-corrected chi connectivity index (χ4v) is 19.4. The summed E-state index contributed by atoms with van der Waals surface area (Å²) < 4.78 is 4.13. The first kappa shape index (κ1) is 19.5. The van der Waals surface area contributed by atoms with Gasteiger partial charge in [0.2, 0.25) is 0 Å². The molecule has 0 atom stereocenters. The molecule has 0 aromatic heterocycles. The van der Waals surface area contributed by atoms with Gasteiger partial charge >= 0.3 is 166 Å². The molecule has 0 N–H and O–H groups in total. The Balaban J connectivity index is 2.45. The van der Waals surface area contributed by atoms with Crippen LogP contribution in [0.25, 0.3) is 0 Å². The third-order valence-corrected chi connectivity index (χ3v) is 20.4. The molecular weight excluding hydrogens is 442 g/mol. The van der Waals surface area contributed by atoms with E-state index in [1.807, 2.05) is 0 Å². The van der Waals surface area contributed by atoms with Crippen molar-refractivity contribution in [3.8, 4) is 0 Å². The summed E-state index contributed by atoms with van der Waals surface area (Å²) in [4.78, 5) is 0. The van der Waals surface area contributed by atoms with Crippen molar-refractivity contribution in [2.75, 3.05) is 0 Å². The first-order chi connectivity index (χ1) is 12.2. The second-order valence-corrected chi connectivity index (χ2v) is 19.8. The van der Waals surface area contributed by atoms with Crippen LogP contribution in [-0.2, 0) is 0 Å². The summed E-state index contributed by atoms with van der Waals surface area (Å²) in [5.41, 5.74) is 7.77. The van der Waals surface area contributed by atoms with E-state index in [-0.39, 0.29) is 0 Å². The van der Waals surface area contributed by atoms with Crippen molar-refractivity contribution >= 4 is 36.9 Å². The monoisotopic (exact) mass is 470 g/mol. The van der Waals surface area contributed by atoms with Gasteiger partial charge in [0.15, 0.2) is 0 Å². The third-order valence-electron chi connectivity index (χ3n) is 5.29. The van der Waals surface area contributed by atoms with Gasteiger partial charge in [0.05, 0.1) is 0 Å². The number of hydrogen-bond acceptors (Lipinski definition) is 0. The van der Waals surface area contributed by atoms with Gasteiger partial charge in [-0.2, -0.15) is 0 Å². The molecule has 0 unspecified atom stereocenters. The Morgan fingerprint density at radius 2 is 0.769 bits per heavy atom. The van der Waals surface area contributed by atoms with Crippen LogP contribution < -0.4 is 10.7 Å². The molecule has 0 spiro atoms. The summed E-state index contributed by atoms with van der Waals surface area (Å²) >= 11 is -3.62. The first-order valence-electron chi connectivity index (χ1n) is 9.15. The van der Waals surface area contributed by atoms with Crippen LogP contribution in [-0.4, -0.2) is 17.3 Å². The molecule has 0 fully saturated rings. The Labute approximate surface area is 165 Å². The molecule has 0 aliphatic heterocycles. The zero-order valence-electron chi connectivity index (χ0n) is 16.6. The van der Waals surface area contributed by atoms with Crippen LogP contribution in [0.4, 0.5) is 0 Å². The van der Waals surface area contributed by atoms with Crippen LogP contribution in [0.5, 0.6) is 0 Å². The van der Waals surface area contributed by atoms with Gasteiger partial charge in [-0.3, -0.25) is 0 Å². The van der Waals surface area contributed by atoms with Crippen LogP contribution in [0.15, 0.2) is 54.6 Å². The van der Waals surface area contributed by atoms with Gasteiger partial charge < -0.3 is 0 Å². The Morgan fingerprint density at radius 3 is 1.04 bits per heavy atom. The van der Waals surface area contributed by atoms with Crippen molar-refractivity contribution in [3.63, 3.8) is 0 Å². The van der Waals surface area contributed by atoms with Crippen LogP contribution in [0.3, 0.4) is 0 Å². The average molecular weight is 470 g/mol. The molecule has 0 nitrogen and oxygen atoms in total. The average Bonchev–Trinajstić information content (AvgIpc) is 2.60. The molecule has 3 rings (SSSR count). The second-order valence-electron chi connectivity index (χ2n) is 7.61. The van der Waals surface area contributed by atoms with E-state index in [0.717, 1.165) is 0 Å². The fraction of sp³-hybridized carbons (Fsp3) is 0.250. The number of halogens is 1. The molecule has 0 saturated heterocycles. The zero-order valence-corrected chi connectivity index (χ0v) is 20.2. The number of benzene rings is 3.